The van der Waals surface area contributed by atoms with Gasteiger partial charge in [0.1, 0.15) is 5.75 Å². The number of carbonyl (C=O) groups excluding carboxylic acids is 1. The molecule has 26 heavy (non-hydrogen) atoms. The van der Waals surface area contributed by atoms with E-state index in [1.54, 1.807) is 19.2 Å². The van der Waals surface area contributed by atoms with Crippen molar-refractivity contribution in [3.05, 3.63) is 65.7 Å². The number of rotatable bonds is 8. The van der Waals surface area contributed by atoms with Crippen molar-refractivity contribution in [2.24, 2.45) is 0 Å². The zero-order chi connectivity index (χ0) is 19.2. The molecule has 1 amide bonds. The van der Waals surface area contributed by atoms with Crippen molar-refractivity contribution in [2.75, 3.05) is 27.0 Å². The smallest absolute Gasteiger partial charge is 0.237 e. The van der Waals surface area contributed by atoms with Crippen molar-refractivity contribution in [1.82, 2.24) is 9.21 Å². The topological polar surface area (TPSA) is 66.9 Å². The molecule has 0 unspecified atom stereocenters. The summed E-state index contributed by atoms with van der Waals surface area (Å²) in [5, 5.41) is 0. The number of hydrogen-bond acceptors (Lipinski definition) is 4. The van der Waals surface area contributed by atoms with Gasteiger partial charge in [0, 0.05) is 25.7 Å². The quantitative estimate of drug-likeness (QED) is 0.708. The Balaban J connectivity index is 2.11. The van der Waals surface area contributed by atoms with Crippen molar-refractivity contribution >= 4 is 15.9 Å². The van der Waals surface area contributed by atoms with E-state index in [0.29, 0.717) is 17.9 Å². The van der Waals surface area contributed by atoms with E-state index >= 15 is 0 Å². The molecule has 6 nitrogen and oxygen atoms in total. The summed E-state index contributed by atoms with van der Waals surface area (Å²) in [6, 6.07) is 16.7. The van der Waals surface area contributed by atoms with E-state index in [2.05, 4.69) is 0 Å². The summed E-state index contributed by atoms with van der Waals surface area (Å²) in [6.45, 7) is 0.278. The van der Waals surface area contributed by atoms with Crippen LogP contribution in [0.1, 0.15) is 11.1 Å². The van der Waals surface area contributed by atoms with Crippen molar-refractivity contribution in [3.63, 3.8) is 0 Å². The minimum absolute atomic E-state index is 0.0771. The van der Waals surface area contributed by atoms with Gasteiger partial charge in [0.25, 0.3) is 0 Å². The third kappa shape index (κ3) is 5.57. The Labute approximate surface area is 155 Å². The summed E-state index contributed by atoms with van der Waals surface area (Å²) in [5.74, 6) is 0.320. The third-order valence-corrected chi connectivity index (χ3v) is 5.20. The Bertz CT molecular complexity index is 838. The fourth-order valence-corrected chi connectivity index (χ4v) is 3.25. The fraction of sp³-hybridized carbons (Fsp3) is 0.316. The molecular formula is C19H24N2O4S. The maximum Gasteiger partial charge on any atom is 0.237 e. The Hall–Kier alpha value is -2.38. The van der Waals surface area contributed by atoms with Gasteiger partial charge in [-0.2, -0.15) is 4.31 Å². The van der Waals surface area contributed by atoms with Crippen molar-refractivity contribution in [1.29, 1.82) is 0 Å². The molecule has 0 aromatic heterocycles. The lowest BCUT2D eigenvalue weighted by Crippen LogP contribution is -2.40. The average Bonchev–Trinajstić information content (AvgIpc) is 2.61. The van der Waals surface area contributed by atoms with Crippen LogP contribution < -0.4 is 4.74 Å². The lowest BCUT2D eigenvalue weighted by atomic mass is 10.2. The molecule has 0 bridgehead atoms. The molecule has 0 radical (unpaired) electrons. The van der Waals surface area contributed by atoms with E-state index in [9.17, 15) is 13.2 Å². The Morgan fingerprint density at radius 2 is 1.62 bits per heavy atom. The van der Waals surface area contributed by atoms with Crippen LogP contribution in [-0.4, -0.2) is 50.5 Å². The van der Waals surface area contributed by atoms with Crippen molar-refractivity contribution < 1.29 is 17.9 Å². The van der Waals surface area contributed by atoms with Crippen molar-refractivity contribution in [3.8, 4) is 5.75 Å². The molecule has 2 aromatic carbocycles. The Kier molecular flexibility index (Phi) is 6.76. The SMILES string of the molecule is COc1ccccc1CN(CC(=O)N(C)Cc1ccccc1)S(C)(=O)=O. The second-order valence-electron chi connectivity index (χ2n) is 6.08. The predicted molar refractivity (Wildman–Crippen MR) is 101 cm³/mol. The average molecular weight is 376 g/mol. The number of hydrogen-bond donors (Lipinski definition) is 0. The van der Waals surface area contributed by atoms with Gasteiger partial charge < -0.3 is 9.64 Å². The van der Waals surface area contributed by atoms with Gasteiger partial charge in [-0.25, -0.2) is 8.42 Å². The zero-order valence-corrected chi connectivity index (χ0v) is 16.1. The largest absolute Gasteiger partial charge is 0.496 e. The molecule has 0 aliphatic carbocycles. The third-order valence-electron chi connectivity index (χ3n) is 4.01. The highest BCUT2D eigenvalue weighted by atomic mass is 32.2. The van der Waals surface area contributed by atoms with Crippen LogP contribution >= 0.6 is 0 Å². The predicted octanol–water partition coefficient (Wildman–Crippen LogP) is 2.12. The molecule has 0 aliphatic rings. The standard InChI is InChI=1S/C19H24N2O4S/c1-20(13-16-9-5-4-6-10-16)19(22)15-21(26(3,23)24)14-17-11-7-8-12-18(17)25-2/h4-12H,13-15H2,1-3H3. The second kappa shape index (κ2) is 8.82. The molecule has 0 spiro atoms. The first kappa shape index (κ1) is 19.9. The summed E-state index contributed by atoms with van der Waals surface area (Å²) in [6.07, 6.45) is 1.10. The first-order chi connectivity index (χ1) is 12.3. The molecule has 0 heterocycles. The Morgan fingerprint density at radius 3 is 2.23 bits per heavy atom. The van der Waals surface area contributed by atoms with Crippen LogP contribution in [0, 0.1) is 0 Å². The van der Waals surface area contributed by atoms with Gasteiger partial charge >= 0.3 is 0 Å². The first-order valence-corrected chi connectivity index (χ1v) is 10.0. The molecule has 0 aliphatic heterocycles. The van der Waals surface area contributed by atoms with Crippen molar-refractivity contribution in [2.45, 2.75) is 13.1 Å². The van der Waals surface area contributed by atoms with Gasteiger partial charge in [0.2, 0.25) is 15.9 Å². The summed E-state index contributed by atoms with van der Waals surface area (Å²) in [4.78, 5) is 14.1. The van der Waals surface area contributed by atoms with E-state index in [1.807, 2.05) is 42.5 Å². The van der Waals surface area contributed by atoms with Gasteiger partial charge in [-0.3, -0.25) is 4.79 Å². The van der Waals surface area contributed by atoms with Crippen LogP contribution in [0.15, 0.2) is 54.6 Å². The number of methoxy groups -OCH3 is 1. The molecule has 7 heteroatoms. The number of sulfonamides is 1. The van der Waals surface area contributed by atoms with Crippen LogP contribution in [-0.2, 0) is 27.9 Å². The van der Waals surface area contributed by atoms with Crippen LogP contribution in [0.5, 0.6) is 5.75 Å². The number of ether oxygens (including phenoxy) is 1. The van der Waals surface area contributed by atoms with E-state index in [0.717, 1.165) is 16.1 Å². The molecular weight excluding hydrogens is 352 g/mol. The highest BCUT2D eigenvalue weighted by Crippen LogP contribution is 2.20. The molecule has 2 aromatic rings. The van der Waals surface area contributed by atoms with Gasteiger partial charge in [0.15, 0.2) is 0 Å². The maximum absolute atomic E-state index is 12.5. The lowest BCUT2D eigenvalue weighted by Gasteiger charge is -2.24. The summed E-state index contributed by atoms with van der Waals surface area (Å²) < 4.78 is 30.8. The fourth-order valence-electron chi connectivity index (χ4n) is 2.53. The van der Waals surface area contributed by atoms with Gasteiger partial charge in [-0.15, -0.1) is 0 Å². The van der Waals surface area contributed by atoms with E-state index in [1.165, 1.54) is 12.0 Å². The van der Waals surface area contributed by atoms with E-state index < -0.39 is 10.0 Å². The Morgan fingerprint density at radius 1 is 1.00 bits per heavy atom. The summed E-state index contributed by atoms with van der Waals surface area (Å²) in [7, 11) is -0.364. The monoisotopic (exact) mass is 376 g/mol. The molecule has 0 fully saturated rings. The first-order valence-electron chi connectivity index (χ1n) is 8.16. The number of nitrogens with zero attached hydrogens (tertiary/aromatic N) is 2. The van der Waals surface area contributed by atoms with Crippen LogP contribution in [0.3, 0.4) is 0 Å². The van der Waals surface area contributed by atoms with Crippen LogP contribution in [0.4, 0.5) is 0 Å². The zero-order valence-electron chi connectivity index (χ0n) is 15.3. The van der Waals surface area contributed by atoms with Crippen LogP contribution in [0.25, 0.3) is 0 Å². The molecule has 0 N–H and O–H groups in total. The number of likely N-dealkylation sites (N-methyl/N-ethyl adjacent to an activating group) is 1. The van der Waals surface area contributed by atoms with E-state index in [4.69, 9.17) is 4.74 Å². The van der Waals surface area contributed by atoms with Gasteiger partial charge in [0.05, 0.1) is 19.9 Å². The highest BCUT2D eigenvalue weighted by molar-refractivity contribution is 7.88. The van der Waals surface area contributed by atoms with Crippen LogP contribution in [0.2, 0.25) is 0 Å². The number of amides is 1. The molecule has 0 saturated carbocycles. The summed E-state index contributed by atoms with van der Waals surface area (Å²) >= 11 is 0. The highest BCUT2D eigenvalue weighted by Gasteiger charge is 2.23. The minimum Gasteiger partial charge on any atom is -0.496 e. The maximum atomic E-state index is 12.5. The number of para-hydroxylation sites is 1. The molecule has 0 atom stereocenters. The molecule has 140 valence electrons. The second-order valence-corrected chi connectivity index (χ2v) is 8.06. The normalized spacial score (nSPS) is 11.4. The molecule has 2 rings (SSSR count). The van der Waals surface area contributed by atoms with Gasteiger partial charge in [-0.05, 0) is 11.6 Å². The number of benzene rings is 2. The summed E-state index contributed by atoms with van der Waals surface area (Å²) in [5.41, 5.74) is 1.69. The minimum atomic E-state index is -3.56. The van der Waals surface area contributed by atoms with E-state index in [-0.39, 0.29) is 19.0 Å². The lowest BCUT2D eigenvalue weighted by molar-refractivity contribution is -0.130. The number of carbonyl (C=O) groups is 1. The molecule has 0 saturated heterocycles. The van der Waals surface area contributed by atoms with Gasteiger partial charge in [-0.1, -0.05) is 48.5 Å².